The van der Waals surface area contributed by atoms with Gasteiger partial charge < -0.3 is 77.3 Å². The maximum absolute atomic E-state index is 14.6. The molecule has 0 aliphatic carbocycles. The van der Waals surface area contributed by atoms with Gasteiger partial charge in [0.1, 0.15) is 97.6 Å². The number of rotatable bonds is 52. The topological polar surface area (TPSA) is 469 Å². The van der Waals surface area contributed by atoms with Crippen LogP contribution in [0.25, 0.3) is 20.4 Å². The summed E-state index contributed by atoms with van der Waals surface area (Å²) in [5.74, 6) is 0.0263. The molecule has 0 aliphatic heterocycles. The van der Waals surface area contributed by atoms with Gasteiger partial charge in [0.2, 0.25) is 20.5 Å². The Morgan fingerprint density at radius 3 is 1.41 bits per heavy atom. The average Bonchev–Trinajstić information content (AvgIpc) is 0.970. The van der Waals surface area contributed by atoms with Crippen molar-refractivity contribution in [1.82, 2.24) is 55.3 Å². The van der Waals surface area contributed by atoms with Crippen molar-refractivity contribution in [3.63, 3.8) is 0 Å². The van der Waals surface area contributed by atoms with Crippen molar-refractivity contribution in [3.05, 3.63) is 245 Å². The first-order chi connectivity index (χ1) is 61.8. The Hall–Kier alpha value is -12.1. The summed E-state index contributed by atoms with van der Waals surface area (Å²) in [6, 6.07) is 51.7. The number of thiazole rings is 2. The number of nitrogens with two attached hydrogens (primary N) is 1. The molecule has 0 bridgehead atoms. The monoisotopic (exact) mass is 1860 g/mol. The summed E-state index contributed by atoms with van der Waals surface area (Å²) in [7, 11) is -7.78. The van der Waals surface area contributed by atoms with Gasteiger partial charge in [0.15, 0.2) is 12.1 Å². The second-order valence-corrected chi connectivity index (χ2v) is 35.0. The molecule has 0 saturated heterocycles. The predicted octanol–water partition coefficient (Wildman–Crippen LogP) is 8.04. The number of aliphatic carboxylic acids is 1. The molecular formula is C85H93FN12O25S5. The summed E-state index contributed by atoms with van der Waals surface area (Å²) in [5.41, 5.74) is 4.62. The highest BCUT2D eigenvalue weighted by Crippen LogP contribution is 2.41. The van der Waals surface area contributed by atoms with E-state index < -0.39 is 78.2 Å². The van der Waals surface area contributed by atoms with Crippen molar-refractivity contribution in [2.75, 3.05) is 114 Å². The van der Waals surface area contributed by atoms with Crippen LogP contribution in [0, 0.1) is 6.92 Å². The Morgan fingerprint density at radius 1 is 0.484 bits per heavy atom. The van der Waals surface area contributed by atoms with Gasteiger partial charge in [-0.15, -0.1) is 32.9 Å². The molecular weight excluding hydrogens is 1770 g/mol. The molecule has 43 heteroatoms. The fourth-order valence-corrected chi connectivity index (χ4v) is 17.4. The third-order valence-electron chi connectivity index (χ3n) is 18.3. The van der Waals surface area contributed by atoms with Crippen LogP contribution in [0.1, 0.15) is 44.8 Å². The second-order valence-electron chi connectivity index (χ2n) is 27.7. The standard InChI is InChI=1S/C57H60N6O15S3.C28H33FN6O10S2/c1-40-13-24-50(25-14-40)81(68,69)78-32-30-74-28-27-73-29-31-76-48-12-8-9-41(33-48)37-75-39-52(55(65)72-4)58-54(64)36-63-35-45(60-62-63)38-77-49-23-26-51-53(34-49)79-56(59-51)80(66,67)61-57(42-10-6-5-7-11-42,43-15-19-46(70-2)20-16-43)44-17-21-47(71-3)22-18-44;29-6-7-41-8-9-42-10-11-44-21-3-1-2-19(12-21)16-43-18-24(27(37)38)31-26(36)15-35-14-20(33-34-35)17-45-22-4-5-23-25(13-22)46-28(32-23)47(30,39)40/h5-26,33-35,52,61H,27-32,36-39H2,1-4H3,(H,58,64);1-5,12-14,24H,6-11,15-18H2,(H,31,36)(H,37,38)(H2,30,39,40)/t52-;24-/m00/s1/i;29-1. The number of sulfonamides is 2. The summed E-state index contributed by atoms with van der Waals surface area (Å²) in [5, 5.41) is 35.8. The van der Waals surface area contributed by atoms with E-state index in [1.165, 1.54) is 41.0 Å². The minimum atomic E-state index is -4.33. The number of carboxylic acid groups (broad SMARTS) is 1. The van der Waals surface area contributed by atoms with E-state index in [1.54, 1.807) is 129 Å². The van der Waals surface area contributed by atoms with Crippen LogP contribution < -0.4 is 48.9 Å². The van der Waals surface area contributed by atoms with Crippen molar-refractivity contribution in [3.8, 4) is 34.5 Å². The number of primary sulfonamides is 1. The van der Waals surface area contributed by atoms with Gasteiger partial charge in [0.25, 0.3) is 30.2 Å². The summed E-state index contributed by atoms with van der Waals surface area (Å²) < 4.78 is 172. The molecule has 0 saturated carbocycles. The zero-order chi connectivity index (χ0) is 90.9. The number of hydrogen-bond acceptors (Lipinski definition) is 32. The number of aromatic nitrogens is 8. The Labute approximate surface area is 743 Å². The van der Waals surface area contributed by atoms with Crippen LogP contribution in [0.3, 0.4) is 0 Å². The largest absolute Gasteiger partial charge is 0.497 e. The first-order valence-corrected chi connectivity index (χ1v) is 45.4. The number of ether oxygens (including phenoxy) is 13. The molecule has 12 rings (SSSR count). The number of fused-ring (bicyclic) bond motifs is 2. The third kappa shape index (κ3) is 29.0. The number of carbonyl (C=O) groups is 4. The highest BCUT2D eigenvalue weighted by Gasteiger charge is 2.42. The van der Waals surface area contributed by atoms with E-state index in [4.69, 9.17) is 70.9 Å². The first kappa shape index (κ1) is 96.6. The summed E-state index contributed by atoms with van der Waals surface area (Å²) >= 11 is 1.90. The van der Waals surface area contributed by atoms with Gasteiger partial charge in [0.05, 0.1) is 145 Å². The molecule has 0 unspecified atom stereocenters. The second kappa shape index (κ2) is 47.6. The highest BCUT2D eigenvalue weighted by atomic mass is 32.3. The van der Waals surface area contributed by atoms with Gasteiger partial charge in [-0.3, -0.25) is 13.8 Å². The minimum Gasteiger partial charge on any atom is -0.497 e. The predicted molar refractivity (Wildman–Crippen MR) is 462 cm³/mol. The van der Waals surface area contributed by atoms with Gasteiger partial charge in [-0.05, 0) is 132 Å². The van der Waals surface area contributed by atoms with Crippen molar-refractivity contribution < 1.29 is 120 Å². The molecule has 0 spiro atoms. The molecule has 0 fully saturated rings. The Morgan fingerprint density at radius 2 is 0.930 bits per heavy atom. The van der Waals surface area contributed by atoms with E-state index in [1.807, 2.05) is 67.6 Å². The van der Waals surface area contributed by atoms with Crippen LogP contribution in [0.2, 0.25) is 0 Å². The minimum absolute atomic E-state index is 0.00234. The van der Waals surface area contributed by atoms with E-state index in [2.05, 4.69) is 45.9 Å². The van der Waals surface area contributed by atoms with Crippen molar-refractivity contribution in [2.24, 2.45) is 5.14 Å². The zero-order valence-electron chi connectivity index (χ0n) is 69.7. The average molecular weight is 1860 g/mol. The number of nitrogens with zero attached hydrogens (tertiary/aromatic N) is 8. The number of methoxy groups -OCH3 is 3. The zero-order valence-corrected chi connectivity index (χ0v) is 73.8. The molecule has 12 aromatic rings. The number of carboxylic acids is 1. The normalized spacial score (nSPS) is 12.2. The molecule has 0 aliphatic rings. The number of nitrogens with one attached hydrogen (secondary N) is 3. The number of hydrogen-bond donors (Lipinski definition) is 5. The van der Waals surface area contributed by atoms with Crippen LogP contribution in [-0.2, 0) is 132 Å². The van der Waals surface area contributed by atoms with Crippen LogP contribution in [0.5, 0.6) is 34.5 Å². The van der Waals surface area contributed by atoms with Gasteiger partial charge in [-0.2, -0.15) is 13.1 Å². The maximum atomic E-state index is 14.6. The molecule has 680 valence electrons. The van der Waals surface area contributed by atoms with Gasteiger partial charge >= 0.3 is 11.9 Å². The number of esters is 1. The molecule has 128 heavy (non-hydrogen) atoms. The lowest BCUT2D eigenvalue weighted by atomic mass is 9.78. The summed E-state index contributed by atoms with van der Waals surface area (Å²) in [4.78, 5) is 58.7. The van der Waals surface area contributed by atoms with Gasteiger partial charge in [-0.1, -0.05) is 107 Å². The summed E-state index contributed by atoms with van der Waals surface area (Å²) in [6.07, 6.45) is 3.00. The Balaban J connectivity index is 0.000000286. The fourth-order valence-electron chi connectivity index (χ4n) is 12.2. The number of halogens is 1. The lowest BCUT2D eigenvalue weighted by Crippen LogP contribution is -2.47. The molecule has 6 N–H and O–H groups in total. The van der Waals surface area contributed by atoms with Crippen LogP contribution >= 0.6 is 22.7 Å². The molecule has 4 aromatic heterocycles. The lowest BCUT2D eigenvalue weighted by molar-refractivity contribution is -0.147. The number of benzene rings is 8. The van der Waals surface area contributed by atoms with E-state index in [0.29, 0.717) is 103 Å². The smallest absolute Gasteiger partial charge is 0.330 e. The van der Waals surface area contributed by atoms with Crippen molar-refractivity contribution in [1.29, 1.82) is 0 Å². The summed E-state index contributed by atoms with van der Waals surface area (Å²) in [6.45, 7) is 2.65. The number of carbonyl (C=O) groups excluding carboxylic acids is 3. The molecule has 37 nitrogen and oxygen atoms in total. The van der Waals surface area contributed by atoms with Gasteiger partial charge in [-0.25, -0.2) is 55.3 Å². The fraction of sp³-hybridized carbons (Fsp3) is 0.318. The van der Waals surface area contributed by atoms with Crippen LogP contribution in [0.4, 0.5) is 4.39 Å². The Bertz CT molecular complexity index is 5930. The van der Waals surface area contributed by atoms with Crippen LogP contribution in [-0.4, -0.2) is 220 Å². The Kier molecular flexibility index (Phi) is 35.9. The lowest BCUT2D eigenvalue weighted by Gasteiger charge is -2.36. The molecule has 2 amide bonds. The molecule has 4 heterocycles. The SMILES string of the molecule is COC(=O)[C@H](COCc1cccc(OCCOCCOCCOS(=O)(=O)c2ccc(C)cc2)c1)NC(=O)Cn1cc(COc2ccc3nc(S(=O)(=O)NC(c4ccccc4)(c4ccc(OC)cc4)c4ccc(OC)cc4)sc3c2)nn1.NS(=O)(=O)c1nc2ccc(OCc3cn(CC(=O)N[C@@H](COCc4cccc(OCCOCCOCC[18F])c4)C(=O)O)nn3)cc2s1. The van der Waals surface area contributed by atoms with Crippen molar-refractivity contribution in [2.45, 2.75) is 77.6 Å². The number of alkyl halides is 1. The number of aryl methyl sites for hydroxylation is 1. The van der Waals surface area contributed by atoms with Crippen LogP contribution in [0.15, 0.2) is 214 Å². The van der Waals surface area contributed by atoms with E-state index in [9.17, 15) is 53.9 Å². The first-order valence-electron chi connectivity index (χ1n) is 39.4. The number of amides is 2. The third-order valence-corrected chi connectivity index (χ3v) is 24.9. The van der Waals surface area contributed by atoms with E-state index in [0.717, 1.165) is 39.4 Å². The van der Waals surface area contributed by atoms with E-state index >= 15 is 0 Å². The quantitative estimate of drug-likeness (QED) is 0.0104. The highest BCUT2D eigenvalue weighted by molar-refractivity contribution is 7.92. The molecule has 2 atom stereocenters. The molecule has 8 aromatic carbocycles. The molecule has 0 radical (unpaired) electrons. The van der Waals surface area contributed by atoms with E-state index in [-0.39, 0.29) is 119 Å². The van der Waals surface area contributed by atoms with Gasteiger partial charge in [0, 0.05) is 0 Å². The maximum Gasteiger partial charge on any atom is 0.330 e. The van der Waals surface area contributed by atoms with Crippen molar-refractivity contribution >= 4 is 97.0 Å².